The van der Waals surface area contributed by atoms with Gasteiger partial charge in [-0.2, -0.15) is 5.10 Å². The fourth-order valence-corrected chi connectivity index (χ4v) is 3.46. The number of nitrogens with one attached hydrogen (secondary N) is 2. The van der Waals surface area contributed by atoms with Crippen LogP contribution < -0.4 is 10.2 Å². The Bertz CT molecular complexity index is 903. The molecular weight excluding hydrogens is 316 g/mol. The van der Waals surface area contributed by atoms with E-state index in [-0.39, 0.29) is 11.9 Å². The van der Waals surface area contributed by atoms with Crippen LogP contribution in [0.15, 0.2) is 30.5 Å². The molecule has 0 radical (unpaired) electrons. The number of fused-ring (bicyclic) bond motifs is 1. The van der Waals surface area contributed by atoms with Gasteiger partial charge in [0, 0.05) is 37.1 Å². The second-order valence-corrected chi connectivity index (χ2v) is 6.62. The van der Waals surface area contributed by atoms with Crippen LogP contribution in [0.4, 0.5) is 5.82 Å². The Balaban J connectivity index is 1.43. The summed E-state index contributed by atoms with van der Waals surface area (Å²) >= 11 is 0. The second-order valence-electron chi connectivity index (χ2n) is 6.62. The van der Waals surface area contributed by atoms with Crippen LogP contribution in [0.3, 0.4) is 0 Å². The number of piperidine rings is 1. The SMILES string of the molecule is Cc1cc(N2CCC(NC(=O)c3c(C)nc4ccccn34)CC2)n[nH]1. The van der Waals surface area contributed by atoms with Crippen molar-refractivity contribution in [2.75, 3.05) is 18.0 Å². The van der Waals surface area contributed by atoms with Crippen LogP contribution in [0.2, 0.25) is 0 Å². The van der Waals surface area contributed by atoms with Crippen LogP contribution in [0, 0.1) is 13.8 Å². The number of anilines is 1. The summed E-state index contributed by atoms with van der Waals surface area (Å²) in [6, 6.07) is 7.98. The average Bonchev–Trinajstić information content (AvgIpc) is 3.18. The monoisotopic (exact) mass is 338 g/mol. The zero-order valence-corrected chi connectivity index (χ0v) is 14.5. The van der Waals surface area contributed by atoms with Gasteiger partial charge in [0.1, 0.15) is 11.3 Å². The maximum Gasteiger partial charge on any atom is 0.270 e. The van der Waals surface area contributed by atoms with Gasteiger partial charge in [-0.1, -0.05) is 6.07 Å². The molecule has 0 atom stereocenters. The van der Waals surface area contributed by atoms with E-state index >= 15 is 0 Å². The number of aromatic amines is 1. The highest BCUT2D eigenvalue weighted by atomic mass is 16.2. The third-order valence-corrected chi connectivity index (χ3v) is 4.77. The molecule has 130 valence electrons. The molecule has 4 rings (SSSR count). The van der Waals surface area contributed by atoms with Crippen molar-refractivity contribution in [1.29, 1.82) is 0 Å². The lowest BCUT2D eigenvalue weighted by Gasteiger charge is -2.32. The number of carbonyl (C=O) groups excluding carboxylic acids is 1. The lowest BCUT2D eigenvalue weighted by molar-refractivity contribution is 0.0924. The summed E-state index contributed by atoms with van der Waals surface area (Å²) in [5.74, 6) is 0.935. The van der Waals surface area contributed by atoms with Crippen LogP contribution in [0.1, 0.15) is 34.7 Å². The van der Waals surface area contributed by atoms with Gasteiger partial charge in [0.15, 0.2) is 5.82 Å². The molecule has 2 N–H and O–H groups in total. The molecule has 1 amide bonds. The van der Waals surface area contributed by atoms with Crippen molar-refractivity contribution in [1.82, 2.24) is 24.9 Å². The zero-order chi connectivity index (χ0) is 17.4. The summed E-state index contributed by atoms with van der Waals surface area (Å²) < 4.78 is 1.85. The normalized spacial score (nSPS) is 15.7. The first kappa shape index (κ1) is 15.7. The van der Waals surface area contributed by atoms with Gasteiger partial charge in [0.05, 0.1) is 5.69 Å². The molecule has 25 heavy (non-hydrogen) atoms. The minimum Gasteiger partial charge on any atom is -0.355 e. The number of hydrogen-bond donors (Lipinski definition) is 2. The highest BCUT2D eigenvalue weighted by Gasteiger charge is 2.24. The Labute approximate surface area is 146 Å². The van der Waals surface area contributed by atoms with E-state index in [1.165, 1.54) is 0 Å². The third kappa shape index (κ3) is 2.97. The van der Waals surface area contributed by atoms with Crippen molar-refractivity contribution in [3.63, 3.8) is 0 Å². The number of rotatable bonds is 3. The highest BCUT2D eigenvalue weighted by molar-refractivity contribution is 5.94. The summed E-state index contributed by atoms with van der Waals surface area (Å²) in [5.41, 5.74) is 3.25. The zero-order valence-electron chi connectivity index (χ0n) is 14.5. The fourth-order valence-electron chi connectivity index (χ4n) is 3.46. The number of H-pyrrole nitrogens is 1. The molecule has 7 heteroatoms. The predicted octanol–water partition coefficient (Wildman–Crippen LogP) is 2.07. The Morgan fingerprint density at radius 1 is 1.28 bits per heavy atom. The van der Waals surface area contributed by atoms with Gasteiger partial charge in [0.25, 0.3) is 5.91 Å². The minimum absolute atomic E-state index is 0.0507. The van der Waals surface area contributed by atoms with Crippen molar-refractivity contribution >= 4 is 17.4 Å². The molecule has 3 aromatic heterocycles. The summed E-state index contributed by atoms with van der Waals surface area (Å²) in [4.78, 5) is 19.5. The first-order chi connectivity index (χ1) is 12.1. The van der Waals surface area contributed by atoms with Crippen LogP contribution in [-0.4, -0.2) is 44.6 Å². The van der Waals surface area contributed by atoms with Crippen LogP contribution in [0.5, 0.6) is 0 Å². The lowest BCUT2D eigenvalue weighted by Crippen LogP contribution is -2.45. The van der Waals surface area contributed by atoms with Crippen LogP contribution in [-0.2, 0) is 0 Å². The number of nitrogens with zero attached hydrogens (tertiary/aromatic N) is 4. The van der Waals surface area contributed by atoms with Gasteiger partial charge >= 0.3 is 0 Å². The summed E-state index contributed by atoms with van der Waals surface area (Å²) in [6.45, 7) is 5.66. The summed E-state index contributed by atoms with van der Waals surface area (Å²) in [6.07, 6.45) is 3.70. The van der Waals surface area contributed by atoms with Crippen molar-refractivity contribution in [2.24, 2.45) is 0 Å². The highest BCUT2D eigenvalue weighted by Crippen LogP contribution is 2.19. The Morgan fingerprint density at radius 3 is 2.80 bits per heavy atom. The van der Waals surface area contributed by atoms with E-state index in [9.17, 15) is 4.79 Å². The second kappa shape index (κ2) is 6.23. The van der Waals surface area contributed by atoms with Crippen LogP contribution >= 0.6 is 0 Å². The number of amides is 1. The largest absolute Gasteiger partial charge is 0.355 e. The van der Waals surface area contributed by atoms with E-state index in [2.05, 4.69) is 31.5 Å². The number of hydrogen-bond acceptors (Lipinski definition) is 4. The molecule has 7 nitrogen and oxygen atoms in total. The lowest BCUT2D eigenvalue weighted by atomic mass is 10.0. The van der Waals surface area contributed by atoms with E-state index in [0.29, 0.717) is 5.69 Å². The van der Waals surface area contributed by atoms with Crippen LogP contribution in [0.25, 0.3) is 5.65 Å². The first-order valence-electron chi connectivity index (χ1n) is 8.63. The molecule has 0 spiro atoms. The summed E-state index contributed by atoms with van der Waals surface area (Å²) in [7, 11) is 0. The predicted molar refractivity (Wildman–Crippen MR) is 96.0 cm³/mol. The standard InChI is InChI=1S/C18H22N6O/c1-12-11-16(22-21-12)23-9-6-14(7-10-23)20-18(25)17-13(2)19-15-5-3-4-8-24(15)17/h3-5,8,11,14H,6-7,9-10H2,1-2H3,(H,20,25)(H,21,22). The van der Waals surface area contributed by atoms with Crippen molar-refractivity contribution in [2.45, 2.75) is 32.7 Å². The van der Waals surface area contributed by atoms with Crippen molar-refractivity contribution in [3.05, 3.63) is 47.5 Å². The molecule has 1 saturated heterocycles. The average molecular weight is 338 g/mol. The quantitative estimate of drug-likeness (QED) is 0.766. The molecular formula is C18H22N6O. The molecule has 3 aromatic rings. The van der Waals surface area contributed by atoms with Crippen molar-refractivity contribution < 1.29 is 4.79 Å². The number of aryl methyl sites for hydroxylation is 2. The fraction of sp³-hybridized carbons (Fsp3) is 0.389. The van der Waals surface area contributed by atoms with E-state index in [0.717, 1.165) is 48.8 Å². The molecule has 0 aromatic carbocycles. The Morgan fingerprint density at radius 2 is 2.08 bits per heavy atom. The van der Waals surface area contributed by atoms with Gasteiger partial charge in [-0.3, -0.25) is 14.3 Å². The molecule has 0 aliphatic carbocycles. The van der Waals surface area contributed by atoms with Gasteiger partial charge in [-0.05, 0) is 38.8 Å². The topological polar surface area (TPSA) is 78.3 Å². The van der Waals surface area contributed by atoms with E-state index in [4.69, 9.17) is 0 Å². The molecule has 0 unspecified atom stereocenters. The minimum atomic E-state index is -0.0507. The number of pyridine rings is 1. The maximum atomic E-state index is 12.8. The molecule has 1 fully saturated rings. The third-order valence-electron chi connectivity index (χ3n) is 4.77. The first-order valence-corrected chi connectivity index (χ1v) is 8.63. The number of carbonyl (C=O) groups is 1. The smallest absolute Gasteiger partial charge is 0.270 e. The van der Waals surface area contributed by atoms with Gasteiger partial charge in [-0.25, -0.2) is 4.98 Å². The van der Waals surface area contributed by atoms with Crippen molar-refractivity contribution in [3.8, 4) is 0 Å². The molecule has 0 bridgehead atoms. The van der Waals surface area contributed by atoms with Gasteiger partial charge in [0.2, 0.25) is 0 Å². The van der Waals surface area contributed by atoms with Gasteiger partial charge < -0.3 is 10.2 Å². The van der Waals surface area contributed by atoms with E-state index < -0.39 is 0 Å². The number of aromatic nitrogens is 4. The Kier molecular flexibility index (Phi) is 3.91. The number of imidazole rings is 1. The molecule has 4 heterocycles. The molecule has 1 aliphatic rings. The van der Waals surface area contributed by atoms with Gasteiger partial charge in [-0.15, -0.1) is 0 Å². The molecule has 1 aliphatic heterocycles. The van der Waals surface area contributed by atoms with E-state index in [1.54, 1.807) is 0 Å². The van der Waals surface area contributed by atoms with E-state index in [1.807, 2.05) is 42.6 Å². The molecule has 0 saturated carbocycles. The maximum absolute atomic E-state index is 12.8. The summed E-state index contributed by atoms with van der Waals surface area (Å²) in [5, 5.41) is 10.5. The Hall–Kier alpha value is -2.83.